The lowest BCUT2D eigenvalue weighted by molar-refractivity contribution is 0.147. The fourth-order valence-corrected chi connectivity index (χ4v) is 1.30. The van der Waals surface area contributed by atoms with Gasteiger partial charge in [0.25, 0.3) is 0 Å². The predicted molar refractivity (Wildman–Crippen MR) is 56.7 cm³/mol. The molecule has 84 valence electrons. The van der Waals surface area contributed by atoms with Gasteiger partial charge in [0.2, 0.25) is 0 Å². The summed E-state index contributed by atoms with van der Waals surface area (Å²) in [6.07, 6.45) is -0.539. The summed E-state index contributed by atoms with van der Waals surface area (Å²) in [5.74, 6) is 0. The van der Waals surface area contributed by atoms with E-state index in [4.69, 9.17) is 0 Å². The number of cyclic esters (lactones) is 1. The van der Waals surface area contributed by atoms with Crippen molar-refractivity contribution in [3.05, 3.63) is 30.3 Å². The summed E-state index contributed by atoms with van der Waals surface area (Å²) in [7, 11) is 0. The van der Waals surface area contributed by atoms with Gasteiger partial charge < -0.3 is 10.1 Å². The first-order chi connectivity index (χ1) is 7.75. The Balaban J connectivity index is 1.87. The first kappa shape index (κ1) is 10.3. The van der Waals surface area contributed by atoms with Gasteiger partial charge in [-0.1, -0.05) is 18.2 Å². The van der Waals surface area contributed by atoms with E-state index >= 15 is 0 Å². The van der Waals surface area contributed by atoms with Crippen molar-refractivity contribution in [1.29, 1.82) is 0 Å². The third kappa shape index (κ3) is 2.41. The monoisotopic (exact) mass is 221 g/mol. The molecule has 0 spiro atoms. The fraction of sp³-hybridized carbons (Fsp3) is 0.200. The van der Waals surface area contributed by atoms with E-state index in [9.17, 15) is 9.59 Å². The maximum absolute atomic E-state index is 11.4. The Morgan fingerprint density at radius 2 is 2.06 bits per heavy atom. The molecule has 1 fully saturated rings. The first-order valence-corrected chi connectivity index (χ1v) is 4.83. The van der Waals surface area contributed by atoms with Crippen LogP contribution in [0, 0.1) is 0 Å². The number of rotatable bonds is 2. The smallest absolute Gasteiger partial charge is 0.428 e. The molecule has 0 aromatic heterocycles. The maximum Gasteiger partial charge on any atom is 0.428 e. The number of nitrogens with one attached hydrogen (secondary N) is 2. The van der Waals surface area contributed by atoms with Gasteiger partial charge >= 0.3 is 12.1 Å². The zero-order chi connectivity index (χ0) is 11.4. The van der Waals surface area contributed by atoms with E-state index in [1.807, 2.05) is 6.07 Å². The van der Waals surface area contributed by atoms with Gasteiger partial charge in [0.05, 0.1) is 6.54 Å². The number of carbonyl (C=O) groups excluding carboxylic acids is 2. The summed E-state index contributed by atoms with van der Waals surface area (Å²) in [5, 5.41) is 3.71. The van der Waals surface area contributed by atoms with Crippen LogP contribution >= 0.6 is 0 Å². The molecular formula is C10H11N3O3. The average molecular weight is 221 g/mol. The van der Waals surface area contributed by atoms with Gasteiger partial charge in [-0.25, -0.2) is 20.0 Å². The van der Waals surface area contributed by atoms with E-state index in [2.05, 4.69) is 15.5 Å². The number of hydrogen-bond acceptors (Lipinski definition) is 3. The number of urea groups is 1. The lowest BCUT2D eigenvalue weighted by Gasteiger charge is -2.14. The molecule has 2 N–H and O–H groups in total. The molecule has 16 heavy (non-hydrogen) atoms. The molecule has 1 heterocycles. The molecule has 0 atom stereocenters. The number of hydrazine groups is 1. The number of hydrogen-bond donors (Lipinski definition) is 2. The van der Waals surface area contributed by atoms with Crippen LogP contribution in [0.4, 0.5) is 15.3 Å². The van der Waals surface area contributed by atoms with E-state index in [0.29, 0.717) is 18.8 Å². The summed E-state index contributed by atoms with van der Waals surface area (Å²) < 4.78 is 4.66. The third-order valence-corrected chi connectivity index (χ3v) is 2.03. The molecule has 0 saturated carbocycles. The molecule has 1 aromatic carbocycles. The van der Waals surface area contributed by atoms with Crippen LogP contribution in [0.5, 0.6) is 0 Å². The van der Waals surface area contributed by atoms with Gasteiger partial charge in [-0.3, -0.25) is 0 Å². The maximum atomic E-state index is 11.4. The first-order valence-electron chi connectivity index (χ1n) is 4.83. The number of carbonyl (C=O) groups is 2. The van der Waals surface area contributed by atoms with Crippen molar-refractivity contribution in [2.75, 3.05) is 18.5 Å². The topological polar surface area (TPSA) is 70.7 Å². The van der Waals surface area contributed by atoms with Crippen LogP contribution in [0.1, 0.15) is 0 Å². The van der Waals surface area contributed by atoms with E-state index < -0.39 is 12.1 Å². The number of para-hydroxylation sites is 1. The Kier molecular flexibility index (Phi) is 2.90. The van der Waals surface area contributed by atoms with Gasteiger partial charge in [-0.05, 0) is 12.1 Å². The average Bonchev–Trinajstić information content (AvgIpc) is 2.66. The minimum atomic E-state index is -0.539. The van der Waals surface area contributed by atoms with Crippen molar-refractivity contribution < 1.29 is 14.3 Å². The highest BCUT2D eigenvalue weighted by molar-refractivity contribution is 5.90. The summed E-state index contributed by atoms with van der Waals surface area (Å²) in [4.78, 5) is 22.5. The number of benzene rings is 1. The standard InChI is InChI=1S/C10H11N3O3/c14-9(11-8-4-2-1-3-5-8)12-13-6-7-16-10(13)15/h1-5H,6-7H2,(H2,11,12,14). The van der Waals surface area contributed by atoms with Crippen LogP contribution in [0.3, 0.4) is 0 Å². The zero-order valence-electron chi connectivity index (χ0n) is 8.47. The van der Waals surface area contributed by atoms with Crippen molar-refractivity contribution in [3.63, 3.8) is 0 Å². The van der Waals surface area contributed by atoms with Crippen LogP contribution in [-0.2, 0) is 4.74 Å². The molecule has 0 bridgehead atoms. The molecule has 6 heteroatoms. The third-order valence-electron chi connectivity index (χ3n) is 2.03. The van der Waals surface area contributed by atoms with Crippen LogP contribution < -0.4 is 10.7 Å². The predicted octanol–water partition coefficient (Wildman–Crippen LogP) is 1.18. The molecule has 1 aliphatic rings. The van der Waals surface area contributed by atoms with Crippen molar-refractivity contribution in [2.45, 2.75) is 0 Å². The second-order valence-electron chi connectivity index (χ2n) is 3.20. The Labute approximate surface area is 92.2 Å². The zero-order valence-corrected chi connectivity index (χ0v) is 8.47. The van der Waals surface area contributed by atoms with Gasteiger partial charge in [0.1, 0.15) is 6.61 Å². The van der Waals surface area contributed by atoms with Crippen molar-refractivity contribution in [3.8, 4) is 0 Å². The summed E-state index contributed by atoms with van der Waals surface area (Å²) in [6.45, 7) is 0.658. The van der Waals surface area contributed by atoms with E-state index in [1.165, 1.54) is 0 Å². The van der Waals surface area contributed by atoms with Gasteiger partial charge in [-0.2, -0.15) is 0 Å². The normalized spacial score (nSPS) is 14.5. The quantitative estimate of drug-likeness (QED) is 0.787. The van der Waals surface area contributed by atoms with Crippen LogP contribution in [0.2, 0.25) is 0 Å². The van der Waals surface area contributed by atoms with Crippen LogP contribution in [0.15, 0.2) is 30.3 Å². The molecule has 1 aliphatic heterocycles. The molecule has 1 saturated heterocycles. The van der Waals surface area contributed by atoms with E-state index in [-0.39, 0.29) is 0 Å². The second kappa shape index (κ2) is 4.52. The molecule has 6 nitrogen and oxygen atoms in total. The highest BCUT2D eigenvalue weighted by Crippen LogP contribution is 2.05. The van der Waals surface area contributed by atoms with E-state index in [0.717, 1.165) is 5.01 Å². The van der Waals surface area contributed by atoms with Gasteiger partial charge in [-0.15, -0.1) is 0 Å². The molecular weight excluding hydrogens is 210 g/mol. The lowest BCUT2D eigenvalue weighted by atomic mass is 10.3. The van der Waals surface area contributed by atoms with E-state index in [1.54, 1.807) is 24.3 Å². The summed E-state index contributed by atoms with van der Waals surface area (Å²) >= 11 is 0. The second-order valence-corrected chi connectivity index (χ2v) is 3.20. The van der Waals surface area contributed by atoms with Crippen LogP contribution in [-0.4, -0.2) is 30.3 Å². The van der Waals surface area contributed by atoms with Gasteiger partial charge in [0.15, 0.2) is 0 Å². The minimum Gasteiger partial charge on any atom is -0.446 e. The Morgan fingerprint density at radius 3 is 2.69 bits per heavy atom. The molecule has 2 rings (SSSR count). The molecule has 0 unspecified atom stereocenters. The largest absolute Gasteiger partial charge is 0.446 e. The highest BCUT2D eigenvalue weighted by atomic mass is 16.6. The minimum absolute atomic E-state index is 0.296. The summed E-state index contributed by atoms with van der Waals surface area (Å²) in [6, 6.07) is 8.49. The number of anilines is 1. The summed E-state index contributed by atoms with van der Waals surface area (Å²) in [5.41, 5.74) is 3.05. The fourth-order valence-electron chi connectivity index (χ4n) is 1.30. The Bertz CT molecular complexity index is 394. The van der Waals surface area contributed by atoms with Crippen molar-refractivity contribution in [2.24, 2.45) is 0 Å². The molecule has 1 aromatic rings. The molecule has 0 aliphatic carbocycles. The van der Waals surface area contributed by atoms with Gasteiger partial charge in [0, 0.05) is 5.69 Å². The van der Waals surface area contributed by atoms with Crippen molar-refractivity contribution >= 4 is 17.8 Å². The van der Waals surface area contributed by atoms with Crippen LogP contribution in [0.25, 0.3) is 0 Å². The molecule has 3 amide bonds. The SMILES string of the molecule is O=C(Nc1ccccc1)NN1CCOC1=O. The van der Waals surface area contributed by atoms with Crippen molar-refractivity contribution in [1.82, 2.24) is 10.4 Å². The Hall–Kier alpha value is -2.24. The number of ether oxygens (including phenoxy) is 1. The Morgan fingerprint density at radius 1 is 1.31 bits per heavy atom. The molecule has 0 radical (unpaired) electrons. The number of nitrogens with zero attached hydrogens (tertiary/aromatic N) is 1. The highest BCUT2D eigenvalue weighted by Gasteiger charge is 2.23. The lowest BCUT2D eigenvalue weighted by Crippen LogP contribution is -2.44. The number of amides is 3.